The number of rotatable bonds is 8. The van der Waals surface area contributed by atoms with Crippen LogP contribution < -0.4 is 5.73 Å². The van der Waals surface area contributed by atoms with Crippen molar-refractivity contribution in [2.75, 3.05) is 19.6 Å². The standard InChI is InChI=1S/C26H29ClN4OS/c27-21-14-18(16-28)7-9-20(21)22-17-31-23-10-8-19(15-25(23)33-26(31)29-22)24(32)6-2-5-13-30-11-3-1-4-12-30/h7-10,14-15,17H,1-6,11-13,16,28H2. The summed E-state index contributed by atoms with van der Waals surface area (Å²) in [6, 6.07) is 11.9. The number of ketones is 1. The number of hydrogen-bond acceptors (Lipinski definition) is 5. The number of aromatic nitrogens is 2. The van der Waals surface area contributed by atoms with Gasteiger partial charge in [0.05, 0.1) is 20.9 Å². The molecule has 0 atom stereocenters. The van der Waals surface area contributed by atoms with Crippen LogP contribution in [0.3, 0.4) is 0 Å². The number of fused-ring (bicyclic) bond motifs is 3. The molecular weight excluding hydrogens is 452 g/mol. The second kappa shape index (κ2) is 9.94. The molecule has 0 bridgehead atoms. The Balaban J connectivity index is 1.28. The Labute approximate surface area is 203 Å². The van der Waals surface area contributed by atoms with E-state index < -0.39 is 0 Å². The van der Waals surface area contributed by atoms with Gasteiger partial charge in [0.1, 0.15) is 0 Å². The Bertz CT molecular complexity index is 1290. The van der Waals surface area contributed by atoms with Crippen molar-refractivity contribution in [3.63, 3.8) is 0 Å². The van der Waals surface area contributed by atoms with Gasteiger partial charge in [0.25, 0.3) is 0 Å². The topological polar surface area (TPSA) is 63.6 Å². The van der Waals surface area contributed by atoms with E-state index in [4.69, 9.17) is 22.3 Å². The second-order valence-electron chi connectivity index (χ2n) is 8.86. The first kappa shape index (κ1) is 22.5. The van der Waals surface area contributed by atoms with Gasteiger partial charge >= 0.3 is 0 Å². The molecule has 1 aliphatic rings. The molecule has 2 aromatic carbocycles. The van der Waals surface area contributed by atoms with Crippen LogP contribution in [0.1, 0.15) is 54.4 Å². The summed E-state index contributed by atoms with van der Waals surface area (Å²) in [6.07, 6.45) is 8.67. The number of thiazole rings is 1. The summed E-state index contributed by atoms with van der Waals surface area (Å²) in [7, 11) is 0. The van der Waals surface area contributed by atoms with Crippen molar-refractivity contribution in [2.24, 2.45) is 5.73 Å². The molecule has 4 aromatic rings. The first-order chi connectivity index (χ1) is 16.1. The average Bonchev–Trinajstić information content (AvgIpc) is 3.39. The molecule has 7 heteroatoms. The molecule has 0 radical (unpaired) electrons. The van der Waals surface area contributed by atoms with Gasteiger partial charge in [-0.15, -0.1) is 0 Å². The normalized spacial score (nSPS) is 15.0. The molecule has 33 heavy (non-hydrogen) atoms. The summed E-state index contributed by atoms with van der Waals surface area (Å²) < 4.78 is 3.16. The van der Waals surface area contributed by atoms with Crippen LogP contribution >= 0.6 is 22.9 Å². The number of imidazole rings is 1. The van der Waals surface area contributed by atoms with Gasteiger partial charge in [-0.3, -0.25) is 9.20 Å². The molecule has 2 N–H and O–H groups in total. The second-order valence-corrected chi connectivity index (χ2v) is 10.3. The Morgan fingerprint density at radius 1 is 1.09 bits per heavy atom. The van der Waals surface area contributed by atoms with Crippen LogP contribution in [0.4, 0.5) is 0 Å². The molecule has 5 nitrogen and oxygen atoms in total. The Morgan fingerprint density at radius 2 is 1.94 bits per heavy atom. The number of carbonyl (C=O) groups excluding carboxylic acids is 1. The number of benzene rings is 2. The minimum atomic E-state index is 0.231. The summed E-state index contributed by atoms with van der Waals surface area (Å²) in [5.41, 5.74) is 10.3. The first-order valence-corrected chi connectivity index (χ1v) is 13.0. The van der Waals surface area contributed by atoms with Crippen LogP contribution in [-0.4, -0.2) is 39.7 Å². The van der Waals surface area contributed by atoms with Crippen LogP contribution in [0.15, 0.2) is 42.6 Å². The van der Waals surface area contributed by atoms with Crippen LogP contribution in [0, 0.1) is 0 Å². The van der Waals surface area contributed by atoms with E-state index in [0.29, 0.717) is 18.0 Å². The molecule has 0 spiro atoms. The molecule has 172 valence electrons. The third kappa shape index (κ3) is 4.85. The van der Waals surface area contributed by atoms with Crippen molar-refractivity contribution in [1.29, 1.82) is 0 Å². The lowest BCUT2D eigenvalue weighted by Gasteiger charge is -2.26. The van der Waals surface area contributed by atoms with Gasteiger partial charge in [-0.25, -0.2) is 4.98 Å². The van der Waals surface area contributed by atoms with Crippen LogP contribution in [0.25, 0.3) is 26.4 Å². The number of unbranched alkanes of at least 4 members (excludes halogenated alkanes) is 1. The maximum atomic E-state index is 12.8. The lowest BCUT2D eigenvalue weighted by Crippen LogP contribution is -2.30. The predicted molar refractivity (Wildman–Crippen MR) is 137 cm³/mol. The average molecular weight is 481 g/mol. The van der Waals surface area contributed by atoms with Crippen molar-refractivity contribution < 1.29 is 4.79 Å². The highest BCUT2D eigenvalue weighted by Crippen LogP contribution is 2.33. The quantitative estimate of drug-likeness (QED) is 0.242. The van der Waals surface area contributed by atoms with Crippen LogP contribution in [0.5, 0.6) is 0 Å². The maximum absolute atomic E-state index is 12.8. The van der Waals surface area contributed by atoms with E-state index in [9.17, 15) is 4.79 Å². The summed E-state index contributed by atoms with van der Waals surface area (Å²) in [4.78, 5) is 21.0. The summed E-state index contributed by atoms with van der Waals surface area (Å²) in [5.74, 6) is 0.231. The van der Waals surface area contributed by atoms with Crippen molar-refractivity contribution >= 4 is 43.9 Å². The Morgan fingerprint density at radius 3 is 2.73 bits per heavy atom. The number of nitrogens with two attached hydrogens (primary N) is 1. The monoisotopic (exact) mass is 480 g/mol. The number of halogens is 1. The minimum absolute atomic E-state index is 0.231. The summed E-state index contributed by atoms with van der Waals surface area (Å²) >= 11 is 8.07. The molecule has 3 heterocycles. The Kier molecular flexibility index (Phi) is 6.79. The zero-order valence-electron chi connectivity index (χ0n) is 18.7. The van der Waals surface area contributed by atoms with E-state index in [-0.39, 0.29) is 5.78 Å². The largest absolute Gasteiger partial charge is 0.326 e. The molecule has 1 saturated heterocycles. The zero-order chi connectivity index (χ0) is 22.8. The first-order valence-electron chi connectivity index (χ1n) is 11.8. The molecule has 2 aromatic heterocycles. The molecule has 0 saturated carbocycles. The van der Waals surface area contributed by atoms with E-state index >= 15 is 0 Å². The van der Waals surface area contributed by atoms with Gasteiger partial charge in [-0.2, -0.15) is 0 Å². The zero-order valence-corrected chi connectivity index (χ0v) is 20.3. The highest BCUT2D eigenvalue weighted by atomic mass is 35.5. The fourth-order valence-electron chi connectivity index (χ4n) is 4.65. The number of Topliss-reactive ketones (excluding diaryl/α,β-unsaturated/α-hetero) is 1. The van der Waals surface area contributed by atoms with Crippen LogP contribution in [0.2, 0.25) is 5.02 Å². The summed E-state index contributed by atoms with van der Waals surface area (Å²) in [5, 5.41) is 0.654. The van der Waals surface area contributed by atoms with Crippen molar-refractivity contribution in [3.8, 4) is 11.3 Å². The van der Waals surface area contributed by atoms with Gasteiger partial charge < -0.3 is 10.6 Å². The molecule has 1 aliphatic heterocycles. The Hall–Kier alpha value is -2.25. The molecule has 0 unspecified atom stereocenters. The minimum Gasteiger partial charge on any atom is -0.326 e. The smallest absolute Gasteiger partial charge is 0.195 e. The van der Waals surface area contributed by atoms with Crippen molar-refractivity contribution in [2.45, 2.75) is 45.1 Å². The van der Waals surface area contributed by atoms with E-state index in [2.05, 4.69) is 9.30 Å². The number of carbonyl (C=O) groups is 1. The molecule has 5 rings (SSSR count). The fourth-order valence-corrected chi connectivity index (χ4v) is 5.99. The number of piperidine rings is 1. The number of nitrogens with zero attached hydrogens (tertiary/aromatic N) is 3. The van der Waals surface area contributed by atoms with Gasteiger partial charge in [-0.05, 0) is 75.1 Å². The lowest BCUT2D eigenvalue weighted by atomic mass is 10.0. The van der Waals surface area contributed by atoms with Crippen molar-refractivity contribution in [1.82, 2.24) is 14.3 Å². The third-order valence-corrected chi connectivity index (χ3v) is 7.87. The van der Waals surface area contributed by atoms with Gasteiger partial charge in [0, 0.05) is 30.3 Å². The van der Waals surface area contributed by atoms with Gasteiger partial charge in [0.2, 0.25) is 0 Å². The van der Waals surface area contributed by atoms with Gasteiger partial charge in [0.15, 0.2) is 10.7 Å². The molecule has 1 fully saturated rings. The third-order valence-electron chi connectivity index (χ3n) is 6.54. The number of hydrogen-bond donors (Lipinski definition) is 1. The van der Waals surface area contributed by atoms with E-state index in [1.54, 1.807) is 11.3 Å². The van der Waals surface area contributed by atoms with E-state index in [0.717, 1.165) is 56.9 Å². The molecule has 0 amide bonds. The number of likely N-dealkylation sites (tertiary alicyclic amines) is 1. The predicted octanol–water partition coefficient (Wildman–Crippen LogP) is 6.17. The highest BCUT2D eigenvalue weighted by molar-refractivity contribution is 7.23. The summed E-state index contributed by atoms with van der Waals surface area (Å²) in [6.45, 7) is 4.02. The van der Waals surface area contributed by atoms with E-state index in [1.165, 1.54) is 32.4 Å². The maximum Gasteiger partial charge on any atom is 0.195 e. The lowest BCUT2D eigenvalue weighted by molar-refractivity contribution is 0.0977. The fraction of sp³-hybridized carbons (Fsp3) is 0.385. The highest BCUT2D eigenvalue weighted by Gasteiger charge is 2.15. The molecular formula is C26H29ClN4OS. The van der Waals surface area contributed by atoms with Crippen LogP contribution in [-0.2, 0) is 6.54 Å². The molecule has 0 aliphatic carbocycles. The SMILES string of the molecule is NCc1ccc(-c2cn3c(n2)sc2cc(C(=O)CCCCN4CCCCC4)ccc23)c(Cl)c1. The van der Waals surface area contributed by atoms with Crippen molar-refractivity contribution in [3.05, 3.63) is 58.7 Å². The van der Waals surface area contributed by atoms with Gasteiger partial charge in [-0.1, -0.05) is 41.5 Å². The van der Waals surface area contributed by atoms with E-state index in [1.807, 2.05) is 42.6 Å².